The number of nitrogens with one attached hydrogen (secondary N) is 1. The SMILES string of the molecule is CCN1CCC(CNc2ccc(C(N)=S)c(Cl)c2)C1. The predicted molar refractivity (Wildman–Crippen MR) is 86.1 cm³/mol. The van der Waals surface area contributed by atoms with Gasteiger partial charge in [-0.1, -0.05) is 30.7 Å². The number of nitrogens with zero attached hydrogens (tertiary/aromatic N) is 1. The average molecular weight is 298 g/mol. The van der Waals surface area contributed by atoms with Gasteiger partial charge in [0.25, 0.3) is 0 Å². The summed E-state index contributed by atoms with van der Waals surface area (Å²) in [5.41, 5.74) is 7.35. The number of nitrogens with two attached hydrogens (primary N) is 1. The Bertz CT molecular complexity index is 464. The van der Waals surface area contributed by atoms with Gasteiger partial charge in [-0.15, -0.1) is 0 Å². The maximum absolute atomic E-state index is 6.15. The summed E-state index contributed by atoms with van der Waals surface area (Å²) in [7, 11) is 0. The second kappa shape index (κ2) is 6.55. The number of hydrogen-bond acceptors (Lipinski definition) is 3. The third-order valence-electron chi connectivity index (χ3n) is 3.65. The van der Waals surface area contributed by atoms with Crippen LogP contribution in [0, 0.1) is 5.92 Å². The highest BCUT2D eigenvalue weighted by molar-refractivity contribution is 7.80. The fourth-order valence-electron chi connectivity index (χ4n) is 2.45. The Labute approximate surface area is 125 Å². The van der Waals surface area contributed by atoms with Gasteiger partial charge in [-0.2, -0.15) is 0 Å². The first-order valence-corrected chi connectivity index (χ1v) is 7.44. The van der Waals surface area contributed by atoms with E-state index in [1.165, 1.54) is 19.5 Å². The Morgan fingerprint density at radius 1 is 1.58 bits per heavy atom. The molecule has 1 heterocycles. The van der Waals surface area contributed by atoms with Gasteiger partial charge in [0.1, 0.15) is 4.99 Å². The van der Waals surface area contributed by atoms with Crippen LogP contribution in [-0.2, 0) is 0 Å². The Kier molecular flexibility index (Phi) is 5.02. The topological polar surface area (TPSA) is 41.3 Å². The molecule has 2 rings (SSSR count). The molecule has 5 heteroatoms. The van der Waals surface area contributed by atoms with E-state index in [1.807, 2.05) is 18.2 Å². The van der Waals surface area contributed by atoms with E-state index in [0.29, 0.717) is 15.9 Å². The van der Waals surface area contributed by atoms with Crippen LogP contribution in [0.1, 0.15) is 18.9 Å². The fourth-order valence-corrected chi connectivity index (χ4v) is 2.97. The van der Waals surface area contributed by atoms with Crippen LogP contribution in [-0.4, -0.2) is 36.1 Å². The van der Waals surface area contributed by atoms with E-state index in [2.05, 4.69) is 17.1 Å². The standard InChI is InChI=1S/C14H20ClN3S/c1-2-18-6-5-10(9-18)8-17-11-3-4-12(14(16)19)13(15)7-11/h3-4,7,10,17H,2,5-6,8-9H2,1H3,(H2,16,19). The van der Waals surface area contributed by atoms with E-state index in [-0.39, 0.29) is 0 Å². The molecule has 1 aromatic rings. The molecule has 0 spiro atoms. The van der Waals surface area contributed by atoms with E-state index in [9.17, 15) is 0 Å². The van der Waals surface area contributed by atoms with Gasteiger partial charge in [0.15, 0.2) is 0 Å². The maximum Gasteiger partial charge on any atom is 0.105 e. The lowest BCUT2D eigenvalue weighted by Crippen LogP contribution is -2.22. The normalized spacial score (nSPS) is 19.6. The minimum atomic E-state index is 0.339. The summed E-state index contributed by atoms with van der Waals surface area (Å²) >= 11 is 11.1. The molecule has 19 heavy (non-hydrogen) atoms. The highest BCUT2D eigenvalue weighted by Crippen LogP contribution is 2.22. The van der Waals surface area contributed by atoms with Gasteiger partial charge >= 0.3 is 0 Å². The molecule has 1 fully saturated rings. The van der Waals surface area contributed by atoms with Crippen LogP contribution in [0.2, 0.25) is 5.02 Å². The number of likely N-dealkylation sites (tertiary alicyclic amines) is 1. The molecule has 1 unspecified atom stereocenters. The zero-order valence-corrected chi connectivity index (χ0v) is 12.7. The first-order chi connectivity index (χ1) is 9.10. The minimum absolute atomic E-state index is 0.339. The van der Waals surface area contributed by atoms with Crippen molar-refractivity contribution in [2.24, 2.45) is 11.7 Å². The monoisotopic (exact) mass is 297 g/mol. The molecule has 1 aromatic carbocycles. The lowest BCUT2D eigenvalue weighted by molar-refractivity contribution is 0.345. The van der Waals surface area contributed by atoms with Crippen LogP contribution in [0.4, 0.5) is 5.69 Å². The highest BCUT2D eigenvalue weighted by atomic mass is 35.5. The van der Waals surface area contributed by atoms with Crippen molar-refractivity contribution >= 4 is 34.5 Å². The van der Waals surface area contributed by atoms with Crippen molar-refractivity contribution in [3.05, 3.63) is 28.8 Å². The summed E-state index contributed by atoms with van der Waals surface area (Å²) in [4.78, 5) is 2.82. The van der Waals surface area contributed by atoms with Crippen molar-refractivity contribution in [2.45, 2.75) is 13.3 Å². The molecule has 0 bridgehead atoms. The first kappa shape index (κ1) is 14.6. The van der Waals surface area contributed by atoms with E-state index in [0.717, 1.165) is 24.3 Å². The number of thiocarbonyl (C=S) groups is 1. The van der Waals surface area contributed by atoms with Crippen LogP contribution in [0.3, 0.4) is 0 Å². The molecule has 1 aliphatic heterocycles. The van der Waals surface area contributed by atoms with Crippen LogP contribution in [0.5, 0.6) is 0 Å². The summed E-state index contributed by atoms with van der Waals surface area (Å²) in [6.45, 7) is 6.74. The molecular formula is C14H20ClN3S. The number of halogens is 1. The van der Waals surface area contributed by atoms with E-state index < -0.39 is 0 Å². The van der Waals surface area contributed by atoms with Gasteiger partial charge in [0, 0.05) is 24.3 Å². The molecule has 104 valence electrons. The van der Waals surface area contributed by atoms with Gasteiger partial charge in [-0.3, -0.25) is 0 Å². The summed E-state index contributed by atoms with van der Waals surface area (Å²) in [5.74, 6) is 0.717. The summed E-state index contributed by atoms with van der Waals surface area (Å²) in [5, 5.41) is 4.05. The van der Waals surface area contributed by atoms with Crippen LogP contribution >= 0.6 is 23.8 Å². The third kappa shape index (κ3) is 3.81. The molecular weight excluding hydrogens is 278 g/mol. The van der Waals surface area contributed by atoms with Crippen LogP contribution in [0.25, 0.3) is 0 Å². The van der Waals surface area contributed by atoms with E-state index in [4.69, 9.17) is 29.6 Å². The average Bonchev–Trinajstić information content (AvgIpc) is 2.84. The summed E-state index contributed by atoms with van der Waals surface area (Å²) in [6.07, 6.45) is 1.26. The van der Waals surface area contributed by atoms with Gasteiger partial charge in [-0.05, 0) is 43.6 Å². The largest absolute Gasteiger partial charge is 0.389 e. The number of benzene rings is 1. The van der Waals surface area contributed by atoms with Gasteiger partial charge in [-0.25, -0.2) is 0 Å². The fraction of sp³-hybridized carbons (Fsp3) is 0.500. The highest BCUT2D eigenvalue weighted by Gasteiger charge is 2.20. The zero-order valence-electron chi connectivity index (χ0n) is 11.2. The molecule has 0 radical (unpaired) electrons. The van der Waals surface area contributed by atoms with Crippen molar-refractivity contribution in [1.82, 2.24) is 4.90 Å². The Morgan fingerprint density at radius 3 is 2.95 bits per heavy atom. The Balaban J connectivity index is 1.90. The first-order valence-electron chi connectivity index (χ1n) is 6.65. The number of rotatable bonds is 5. The predicted octanol–water partition coefficient (Wildman–Crippen LogP) is 2.73. The van der Waals surface area contributed by atoms with Crippen molar-refractivity contribution < 1.29 is 0 Å². The van der Waals surface area contributed by atoms with Crippen molar-refractivity contribution in [3.63, 3.8) is 0 Å². The zero-order chi connectivity index (χ0) is 13.8. The van der Waals surface area contributed by atoms with Crippen molar-refractivity contribution in [1.29, 1.82) is 0 Å². The quantitative estimate of drug-likeness (QED) is 0.820. The van der Waals surface area contributed by atoms with E-state index in [1.54, 1.807) is 0 Å². The molecule has 1 aliphatic rings. The third-order valence-corrected chi connectivity index (χ3v) is 4.18. The molecule has 1 saturated heterocycles. The van der Waals surface area contributed by atoms with Crippen molar-refractivity contribution in [2.75, 3.05) is 31.5 Å². The van der Waals surface area contributed by atoms with Gasteiger partial charge in [0.05, 0.1) is 5.02 Å². The lowest BCUT2D eigenvalue weighted by Gasteiger charge is -2.15. The minimum Gasteiger partial charge on any atom is -0.389 e. The Morgan fingerprint density at radius 2 is 2.37 bits per heavy atom. The lowest BCUT2D eigenvalue weighted by atomic mass is 10.1. The van der Waals surface area contributed by atoms with Crippen LogP contribution in [0.15, 0.2) is 18.2 Å². The second-order valence-electron chi connectivity index (χ2n) is 4.99. The van der Waals surface area contributed by atoms with Crippen molar-refractivity contribution in [3.8, 4) is 0 Å². The molecule has 3 nitrogen and oxygen atoms in total. The smallest absolute Gasteiger partial charge is 0.105 e. The summed E-state index contributed by atoms with van der Waals surface area (Å²) < 4.78 is 0. The molecule has 0 aromatic heterocycles. The molecule has 3 N–H and O–H groups in total. The molecule has 0 saturated carbocycles. The molecule has 1 atom stereocenters. The number of hydrogen-bond donors (Lipinski definition) is 2. The summed E-state index contributed by atoms with van der Waals surface area (Å²) in [6, 6.07) is 5.75. The van der Waals surface area contributed by atoms with E-state index >= 15 is 0 Å². The van der Waals surface area contributed by atoms with Crippen LogP contribution < -0.4 is 11.1 Å². The number of anilines is 1. The molecule has 0 amide bonds. The Hall–Kier alpha value is -0.840. The maximum atomic E-state index is 6.15. The second-order valence-corrected chi connectivity index (χ2v) is 5.83. The van der Waals surface area contributed by atoms with Gasteiger partial charge in [0.2, 0.25) is 0 Å². The molecule has 0 aliphatic carbocycles. The van der Waals surface area contributed by atoms with Gasteiger partial charge < -0.3 is 16.0 Å².